The van der Waals surface area contributed by atoms with Crippen molar-refractivity contribution in [2.24, 2.45) is 0 Å². The summed E-state index contributed by atoms with van der Waals surface area (Å²) < 4.78 is 15.2. The maximum atomic E-state index is 10.1. The molecule has 0 spiro atoms. The first-order valence-corrected chi connectivity index (χ1v) is 5.27. The number of carbonyl (C=O) groups is 1. The lowest BCUT2D eigenvalue weighted by Crippen LogP contribution is -2.42. The summed E-state index contributed by atoms with van der Waals surface area (Å²) in [6.45, 7) is 0. The predicted molar refractivity (Wildman–Crippen MR) is 42.3 cm³/mol. The summed E-state index contributed by atoms with van der Waals surface area (Å²) in [5, 5.41) is 0. The summed E-state index contributed by atoms with van der Waals surface area (Å²) in [7, 11) is 2.13. The minimum absolute atomic E-state index is 0.418. The minimum atomic E-state index is -2.47. The van der Waals surface area contributed by atoms with Gasteiger partial charge in [-0.15, -0.1) is 0 Å². The maximum Gasteiger partial charge on any atom is 0.500 e. The standard InChI is InChI=1S/C6H14O4Si/c1-8-11(9-2,10-3)6-4-5-7/h5H,4,6H2,1-3H3. The second kappa shape index (κ2) is 5.42. The van der Waals surface area contributed by atoms with Crippen LogP contribution in [0.1, 0.15) is 6.42 Å². The Bertz CT molecular complexity index is 105. The van der Waals surface area contributed by atoms with E-state index in [2.05, 4.69) is 0 Å². The molecule has 0 atom stereocenters. The first-order chi connectivity index (χ1) is 5.24. The molecule has 0 saturated heterocycles. The van der Waals surface area contributed by atoms with E-state index in [0.717, 1.165) is 6.29 Å². The van der Waals surface area contributed by atoms with Gasteiger partial charge >= 0.3 is 8.80 Å². The lowest BCUT2D eigenvalue weighted by molar-refractivity contribution is -0.107. The van der Waals surface area contributed by atoms with Gasteiger partial charge in [-0.1, -0.05) is 0 Å². The predicted octanol–water partition coefficient (Wildman–Crippen LogP) is 0.453. The molecule has 0 aliphatic rings. The van der Waals surface area contributed by atoms with Gasteiger partial charge in [-0.05, 0) is 0 Å². The summed E-state index contributed by atoms with van der Waals surface area (Å²) in [5.41, 5.74) is 0. The highest BCUT2D eigenvalue weighted by molar-refractivity contribution is 6.60. The Morgan fingerprint density at radius 1 is 1.18 bits per heavy atom. The Morgan fingerprint density at radius 2 is 1.64 bits per heavy atom. The molecule has 0 aromatic rings. The molecule has 0 unspecified atom stereocenters. The molecule has 5 heteroatoms. The van der Waals surface area contributed by atoms with Crippen molar-refractivity contribution in [2.45, 2.75) is 12.5 Å². The third kappa shape index (κ3) is 3.11. The summed E-state index contributed by atoms with van der Waals surface area (Å²) in [6.07, 6.45) is 1.25. The zero-order chi connectivity index (χ0) is 8.74. The van der Waals surface area contributed by atoms with Crippen LogP contribution in [0.2, 0.25) is 6.04 Å². The van der Waals surface area contributed by atoms with E-state index in [1.165, 1.54) is 21.3 Å². The normalized spacial score (nSPS) is 11.5. The van der Waals surface area contributed by atoms with Crippen LogP contribution in [0.15, 0.2) is 0 Å². The largest absolute Gasteiger partial charge is 0.500 e. The summed E-state index contributed by atoms with van der Waals surface area (Å²) in [4.78, 5) is 10.1. The van der Waals surface area contributed by atoms with Crippen LogP contribution in [0.4, 0.5) is 0 Å². The van der Waals surface area contributed by atoms with E-state index in [9.17, 15) is 4.79 Å². The van der Waals surface area contributed by atoms with Crippen LogP contribution in [0.5, 0.6) is 0 Å². The van der Waals surface area contributed by atoms with Gasteiger partial charge in [0, 0.05) is 33.8 Å². The average molecular weight is 178 g/mol. The number of hydrogen-bond donors (Lipinski definition) is 0. The fourth-order valence-electron chi connectivity index (χ4n) is 0.792. The molecule has 0 heterocycles. The maximum absolute atomic E-state index is 10.1. The molecule has 0 N–H and O–H groups in total. The first-order valence-electron chi connectivity index (χ1n) is 3.33. The van der Waals surface area contributed by atoms with E-state index >= 15 is 0 Å². The Morgan fingerprint density at radius 3 is 1.91 bits per heavy atom. The molecule has 0 aromatic carbocycles. The van der Waals surface area contributed by atoms with Crippen LogP contribution in [0.25, 0.3) is 0 Å². The average Bonchev–Trinajstić information content (AvgIpc) is 2.08. The van der Waals surface area contributed by atoms with Gasteiger partial charge in [-0.25, -0.2) is 0 Å². The van der Waals surface area contributed by atoms with Gasteiger partial charge in [-0.3, -0.25) is 0 Å². The highest BCUT2D eigenvalue weighted by Crippen LogP contribution is 2.13. The fraction of sp³-hybridized carbons (Fsp3) is 0.833. The topological polar surface area (TPSA) is 44.8 Å². The summed E-state index contributed by atoms with van der Waals surface area (Å²) in [5.74, 6) is 0. The molecule has 0 bridgehead atoms. The SMILES string of the molecule is CO[Si](CCC=O)(OC)OC. The van der Waals surface area contributed by atoms with Crippen molar-refractivity contribution in [3.8, 4) is 0 Å². The quantitative estimate of drug-likeness (QED) is 0.437. The first kappa shape index (κ1) is 10.8. The monoisotopic (exact) mass is 178 g/mol. The molecule has 0 saturated carbocycles. The lowest BCUT2D eigenvalue weighted by Gasteiger charge is -2.23. The molecule has 0 aliphatic heterocycles. The fourth-order valence-corrected chi connectivity index (χ4v) is 2.38. The summed E-state index contributed by atoms with van der Waals surface area (Å²) >= 11 is 0. The highest BCUT2D eigenvalue weighted by atomic mass is 28.4. The molecule has 4 nitrogen and oxygen atoms in total. The van der Waals surface area contributed by atoms with E-state index < -0.39 is 8.80 Å². The van der Waals surface area contributed by atoms with Crippen LogP contribution >= 0.6 is 0 Å². The van der Waals surface area contributed by atoms with Gasteiger partial charge in [-0.2, -0.15) is 0 Å². The molecule has 0 aliphatic carbocycles. The summed E-state index contributed by atoms with van der Waals surface area (Å²) in [6, 6.07) is 0.542. The van der Waals surface area contributed by atoms with Crippen LogP contribution in [-0.4, -0.2) is 36.4 Å². The number of aldehydes is 1. The number of carbonyl (C=O) groups excluding carboxylic acids is 1. The number of hydrogen-bond acceptors (Lipinski definition) is 4. The molecule has 0 amide bonds. The van der Waals surface area contributed by atoms with Gasteiger partial charge in [0.1, 0.15) is 6.29 Å². The van der Waals surface area contributed by atoms with E-state index in [1.807, 2.05) is 0 Å². The van der Waals surface area contributed by atoms with Crippen molar-refractivity contribution >= 4 is 15.1 Å². The Kier molecular flexibility index (Phi) is 5.31. The lowest BCUT2D eigenvalue weighted by atomic mass is 10.6. The van der Waals surface area contributed by atoms with E-state index in [4.69, 9.17) is 13.3 Å². The highest BCUT2D eigenvalue weighted by Gasteiger charge is 2.36. The van der Waals surface area contributed by atoms with Gasteiger partial charge in [0.25, 0.3) is 0 Å². The van der Waals surface area contributed by atoms with Crippen LogP contribution in [-0.2, 0) is 18.1 Å². The van der Waals surface area contributed by atoms with Crippen molar-refractivity contribution < 1.29 is 18.1 Å². The van der Waals surface area contributed by atoms with Crippen LogP contribution < -0.4 is 0 Å². The van der Waals surface area contributed by atoms with Crippen molar-refractivity contribution in [1.82, 2.24) is 0 Å². The van der Waals surface area contributed by atoms with E-state index in [1.54, 1.807) is 0 Å². The minimum Gasteiger partial charge on any atom is -0.377 e. The molecule has 66 valence electrons. The van der Waals surface area contributed by atoms with Crippen LogP contribution in [0, 0.1) is 0 Å². The van der Waals surface area contributed by atoms with Gasteiger partial charge in [0.2, 0.25) is 0 Å². The Labute approximate surface area is 67.8 Å². The second-order valence-electron chi connectivity index (χ2n) is 2.00. The van der Waals surface area contributed by atoms with Crippen molar-refractivity contribution in [1.29, 1.82) is 0 Å². The Balaban J connectivity index is 3.93. The Hall–Kier alpha value is -0.233. The molecule has 0 radical (unpaired) electrons. The van der Waals surface area contributed by atoms with Crippen molar-refractivity contribution in [3.05, 3.63) is 0 Å². The van der Waals surface area contributed by atoms with Crippen molar-refractivity contribution in [3.63, 3.8) is 0 Å². The molecular weight excluding hydrogens is 164 g/mol. The van der Waals surface area contributed by atoms with Gasteiger partial charge in [0.05, 0.1) is 0 Å². The van der Waals surface area contributed by atoms with E-state index in [0.29, 0.717) is 12.5 Å². The zero-order valence-corrected chi connectivity index (χ0v) is 8.12. The zero-order valence-electron chi connectivity index (χ0n) is 7.12. The molecule has 0 aromatic heterocycles. The third-order valence-corrected chi connectivity index (χ3v) is 4.27. The smallest absolute Gasteiger partial charge is 0.377 e. The van der Waals surface area contributed by atoms with Gasteiger partial charge < -0.3 is 18.1 Å². The van der Waals surface area contributed by atoms with Gasteiger partial charge in [0.15, 0.2) is 0 Å². The second-order valence-corrected chi connectivity index (χ2v) is 5.09. The molecule has 0 rings (SSSR count). The molecular formula is C6H14O4Si. The van der Waals surface area contributed by atoms with E-state index in [-0.39, 0.29) is 0 Å². The number of rotatable bonds is 6. The molecule has 0 fully saturated rings. The molecule has 11 heavy (non-hydrogen) atoms. The van der Waals surface area contributed by atoms with Crippen molar-refractivity contribution in [2.75, 3.05) is 21.3 Å². The third-order valence-electron chi connectivity index (χ3n) is 1.50. The van der Waals surface area contributed by atoms with Crippen LogP contribution in [0.3, 0.4) is 0 Å².